The van der Waals surface area contributed by atoms with E-state index in [-0.39, 0.29) is 11.5 Å². The maximum absolute atomic E-state index is 10.5. The highest BCUT2D eigenvalue weighted by Gasteiger charge is 2.36. The molecule has 2 rings (SSSR count). The highest BCUT2D eigenvalue weighted by molar-refractivity contribution is 5.29. The highest BCUT2D eigenvalue weighted by atomic mass is 16.5. The second kappa shape index (κ2) is 5.75. The monoisotopic (exact) mass is 248 g/mol. The summed E-state index contributed by atoms with van der Waals surface area (Å²) in [6, 6.07) is 7.93. The lowest BCUT2D eigenvalue weighted by Crippen LogP contribution is -2.21. The molecule has 1 saturated carbocycles. The molecule has 18 heavy (non-hydrogen) atoms. The van der Waals surface area contributed by atoms with Gasteiger partial charge in [0, 0.05) is 0 Å². The quantitative estimate of drug-likeness (QED) is 0.850. The van der Waals surface area contributed by atoms with Crippen LogP contribution in [0.5, 0.6) is 5.75 Å². The van der Waals surface area contributed by atoms with Crippen molar-refractivity contribution in [2.75, 3.05) is 6.61 Å². The largest absolute Gasteiger partial charge is 0.494 e. The summed E-state index contributed by atoms with van der Waals surface area (Å²) < 4.78 is 5.56. The average molecular weight is 248 g/mol. The number of aliphatic hydroxyl groups excluding tert-OH is 1. The van der Waals surface area contributed by atoms with E-state index in [1.807, 2.05) is 24.3 Å². The second-order valence-corrected chi connectivity index (χ2v) is 5.68. The first-order valence-electron chi connectivity index (χ1n) is 7.06. The van der Waals surface area contributed by atoms with Crippen LogP contribution in [-0.4, -0.2) is 11.7 Å². The predicted molar refractivity (Wildman–Crippen MR) is 73.8 cm³/mol. The molecule has 1 aliphatic carbocycles. The van der Waals surface area contributed by atoms with E-state index in [0.29, 0.717) is 0 Å². The van der Waals surface area contributed by atoms with Crippen LogP contribution in [0.15, 0.2) is 24.3 Å². The van der Waals surface area contributed by atoms with E-state index < -0.39 is 0 Å². The van der Waals surface area contributed by atoms with Gasteiger partial charge in [0.25, 0.3) is 0 Å². The molecule has 1 atom stereocenters. The highest BCUT2D eigenvalue weighted by Crippen LogP contribution is 2.47. The molecule has 1 unspecified atom stereocenters. The van der Waals surface area contributed by atoms with E-state index in [9.17, 15) is 5.11 Å². The summed E-state index contributed by atoms with van der Waals surface area (Å²) in [6.45, 7) is 5.05. The van der Waals surface area contributed by atoms with Crippen LogP contribution in [0.2, 0.25) is 0 Å². The van der Waals surface area contributed by atoms with Crippen molar-refractivity contribution in [3.63, 3.8) is 0 Å². The third kappa shape index (κ3) is 2.86. The van der Waals surface area contributed by atoms with Gasteiger partial charge in [-0.1, -0.05) is 38.8 Å². The fraction of sp³-hybridized carbons (Fsp3) is 0.625. The maximum atomic E-state index is 10.5. The molecule has 0 bridgehead atoms. The minimum Gasteiger partial charge on any atom is -0.494 e. The molecule has 1 fully saturated rings. The van der Waals surface area contributed by atoms with Crippen LogP contribution in [0, 0.1) is 5.41 Å². The molecular weight excluding hydrogens is 224 g/mol. The summed E-state index contributed by atoms with van der Waals surface area (Å²) in [5.41, 5.74) is 1.08. The number of aliphatic hydroxyl groups is 1. The van der Waals surface area contributed by atoms with Gasteiger partial charge in [-0.3, -0.25) is 0 Å². The Morgan fingerprint density at radius 1 is 1.22 bits per heavy atom. The van der Waals surface area contributed by atoms with E-state index in [4.69, 9.17) is 4.74 Å². The van der Waals surface area contributed by atoms with Crippen molar-refractivity contribution < 1.29 is 9.84 Å². The third-order valence-corrected chi connectivity index (χ3v) is 4.07. The van der Waals surface area contributed by atoms with Crippen molar-refractivity contribution >= 4 is 0 Å². The summed E-state index contributed by atoms with van der Waals surface area (Å²) in [5, 5.41) is 10.5. The van der Waals surface area contributed by atoms with Gasteiger partial charge in [-0.25, -0.2) is 0 Å². The Balaban J connectivity index is 2.04. The van der Waals surface area contributed by atoms with Crippen LogP contribution in [0.3, 0.4) is 0 Å². The summed E-state index contributed by atoms with van der Waals surface area (Å²) in [7, 11) is 0. The van der Waals surface area contributed by atoms with Gasteiger partial charge in [0.15, 0.2) is 0 Å². The molecule has 2 nitrogen and oxygen atoms in total. The zero-order chi connectivity index (χ0) is 13.0. The molecule has 100 valence electrons. The molecule has 0 aliphatic heterocycles. The van der Waals surface area contributed by atoms with Crippen LogP contribution >= 0.6 is 0 Å². The molecule has 1 N–H and O–H groups in total. The molecule has 0 heterocycles. The van der Waals surface area contributed by atoms with Crippen molar-refractivity contribution in [2.45, 2.75) is 52.1 Å². The molecule has 0 aromatic heterocycles. The normalized spacial score (nSPS) is 19.7. The standard InChI is InChI=1S/C16H24O2/c1-3-12-18-14-8-6-13(7-9-14)15(17)16(2)10-4-5-11-16/h6-9,15,17H,3-5,10-12H2,1-2H3. The molecule has 0 spiro atoms. The first-order valence-corrected chi connectivity index (χ1v) is 7.06. The van der Waals surface area contributed by atoms with E-state index in [2.05, 4.69) is 13.8 Å². The van der Waals surface area contributed by atoms with E-state index in [0.717, 1.165) is 37.2 Å². The SMILES string of the molecule is CCCOc1ccc(C(O)C2(C)CCCC2)cc1. The lowest BCUT2D eigenvalue weighted by molar-refractivity contribution is 0.0408. The van der Waals surface area contributed by atoms with E-state index in [1.54, 1.807) is 0 Å². The molecule has 0 radical (unpaired) electrons. The van der Waals surface area contributed by atoms with Gasteiger partial charge in [0.1, 0.15) is 5.75 Å². The number of ether oxygens (including phenoxy) is 1. The van der Waals surface area contributed by atoms with E-state index >= 15 is 0 Å². The third-order valence-electron chi connectivity index (χ3n) is 4.07. The van der Waals surface area contributed by atoms with Crippen LogP contribution < -0.4 is 4.74 Å². The molecule has 2 heteroatoms. The van der Waals surface area contributed by atoms with E-state index in [1.165, 1.54) is 12.8 Å². The van der Waals surface area contributed by atoms with Gasteiger partial charge in [-0.15, -0.1) is 0 Å². The van der Waals surface area contributed by atoms with Crippen LogP contribution in [0.25, 0.3) is 0 Å². The Kier molecular flexibility index (Phi) is 4.28. The number of hydrogen-bond acceptors (Lipinski definition) is 2. The average Bonchev–Trinajstić information content (AvgIpc) is 2.84. The minimum absolute atomic E-state index is 0.0613. The maximum Gasteiger partial charge on any atom is 0.119 e. The van der Waals surface area contributed by atoms with Crippen molar-refractivity contribution in [1.29, 1.82) is 0 Å². The molecule has 1 aliphatic rings. The van der Waals surface area contributed by atoms with Crippen LogP contribution in [-0.2, 0) is 0 Å². The predicted octanol–water partition coefficient (Wildman–Crippen LogP) is 4.09. The fourth-order valence-corrected chi connectivity index (χ4v) is 2.82. The van der Waals surface area contributed by atoms with Gasteiger partial charge in [0.2, 0.25) is 0 Å². The smallest absolute Gasteiger partial charge is 0.119 e. The van der Waals surface area contributed by atoms with Crippen molar-refractivity contribution in [3.05, 3.63) is 29.8 Å². The Bertz CT molecular complexity index is 363. The van der Waals surface area contributed by atoms with Gasteiger partial charge in [-0.2, -0.15) is 0 Å². The molecule has 0 amide bonds. The van der Waals surface area contributed by atoms with Crippen molar-refractivity contribution in [1.82, 2.24) is 0 Å². The fourth-order valence-electron chi connectivity index (χ4n) is 2.82. The number of hydrogen-bond donors (Lipinski definition) is 1. The zero-order valence-electron chi connectivity index (χ0n) is 11.5. The Hall–Kier alpha value is -1.02. The van der Waals surface area contributed by atoms with Crippen LogP contribution in [0.4, 0.5) is 0 Å². The van der Waals surface area contributed by atoms with Crippen molar-refractivity contribution in [3.8, 4) is 5.75 Å². The lowest BCUT2D eigenvalue weighted by atomic mass is 9.79. The molecule has 0 saturated heterocycles. The van der Waals surface area contributed by atoms with Gasteiger partial charge in [-0.05, 0) is 42.4 Å². The first-order chi connectivity index (χ1) is 8.65. The second-order valence-electron chi connectivity index (χ2n) is 5.68. The number of benzene rings is 1. The summed E-state index contributed by atoms with van der Waals surface area (Å²) in [5.74, 6) is 0.893. The zero-order valence-corrected chi connectivity index (χ0v) is 11.5. The minimum atomic E-state index is -0.347. The Morgan fingerprint density at radius 2 is 1.83 bits per heavy atom. The summed E-state index contributed by atoms with van der Waals surface area (Å²) in [4.78, 5) is 0. The molecule has 1 aromatic carbocycles. The summed E-state index contributed by atoms with van der Waals surface area (Å²) >= 11 is 0. The first kappa shape index (κ1) is 13.4. The van der Waals surface area contributed by atoms with Gasteiger partial charge in [0.05, 0.1) is 12.7 Å². The lowest BCUT2D eigenvalue weighted by Gasteiger charge is -2.30. The Morgan fingerprint density at radius 3 is 2.39 bits per heavy atom. The summed E-state index contributed by atoms with van der Waals surface area (Å²) in [6.07, 6.45) is 5.41. The number of rotatable bonds is 5. The van der Waals surface area contributed by atoms with Gasteiger partial charge < -0.3 is 9.84 Å². The van der Waals surface area contributed by atoms with Crippen molar-refractivity contribution in [2.24, 2.45) is 5.41 Å². The molecule has 1 aromatic rings. The molecular formula is C16H24O2. The van der Waals surface area contributed by atoms with Crippen LogP contribution in [0.1, 0.15) is 57.6 Å². The van der Waals surface area contributed by atoms with Gasteiger partial charge >= 0.3 is 0 Å². The topological polar surface area (TPSA) is 29.5 Å². The Labute approximate surface area is 110 Å².